The number of nitrogens with zero attached hydrogens (tertiary/aromatic N) is 3. The van der Waals surface area contributed by atoms with E-state index >= 15 is 0 Å². The summed E-state index contributed by atoms with van der Waals surface area (Å²) in [4.78, 5) is 6.96. The van der Waals surface area contributed by atoms with Crippen LogP contribution < -0.4 is 10.2 Å². The van der Waals surface area contributed by atoms with Crippen molar-refractivity contribution in [2.45, 2.75) is 44.6 Å². The Morgan fingerprint density at radius 3 is 2.86 bits per heavy atom. The van der Waals surface area contributed by atoms with Gasteiger partial charge in [0.15, 0.2) is 0 Å². The lowest BCUT2D eigenvalue weighted by molar-refractivity contribution is 0.0157. The molecule has 0 amide bonds. The second-order valence-corrected chi connectivity index (χ2v) is 6.26. The van der Waals surface area contributed by atoms with Gasteiger partial charge < -0.3 is 15.0 Å². The van der Waals surface area contributed by atoms with Crippen LogP contribution in [0.25, 0.3) is 0 Å². The highest BCUT2D eigenvalue weighted by atomic mass is 16.5. The monoisotopic (exact) mass is 293 g/mol. The van der Waals surface area contributed by atoms with Crippen molar-refractivity contribution in [3.8, 4) is 0 Å². The van der Waals surface area contributed by atoms with Crippen LogP contribution in [0.3, 0.4) is 0 Å². The van der Waals surface area contributed by atoms with E-state index in [1.807, 2.05) is 7.05 Å². The molecule has 0 bridgehead atoms. The summed E-state index contributed by atoms with van der Waals surface area (Å²) in [6, 6.07) is 0. The number of H-pyrrole nitrogens is 1. The molecule has 1 aromatic rings. The molecule has 118 valence electrons. The number of aromatic nitrogens is 3. The SMILES string of the molecule is CNCC1CCN(c2n[nH]c(CC3CCCCO3)n2)CC1. The normalized spacial score (nSPS) is 24.4. The van der Waals surface area contributed by atoms with Gasteiger partial charge in [-0.25, -0.2) is 0 Å². The lowest BCUT2D eigenvalue weighted by Crippen LogP contribution is -2.37. The fourth-order valence-electron chi connectivity index (χ4n) is 3.33. The molecule has 2 saturated heterocycles. The van der Waals surface area contributed by atoms with E-state index in [1.165, 1.54) is 25.7 Å². The van der Waals surface area contributed by atoms with E-state index < -0.39 is 0 Å². The maximum atomic E-state index is 5.77. The Labute approximate surface area is 126 Å². The number of rotatable bonds is 5. The van der Waals surface area contributed by atoms with Gasteiger partial charge in [-0.2, -0.15) is 4.98 Å². The summed E-state index contributed by atoms with van der Waals surface area (Å²) in [6.07, 6.45) is 7.23. The Bertz CT molecular complexity index is 421. The molecule has 6 heteroatoms. The molecule has 1 atom stereocenters. The number of piperidine rings is 1. The molecule has 6 nitrogen and oxygen atoms in total. The van der Waals surface area contributed by atoms with Gasteiger partial charge >= 0.3 is 0 Å². The summed E-state index contributed by atoms with van der Waals surface area (Å²) in [5.41, 5.74) is 0. The highest BCUT2D eigenvalue weighted by Gasteiger charge is 2.22. The van der Waals surface area contributed by atoms with E-state index in [0.717, 1.165) is 56.8 Å². The largest absolute Gasteiger partial charge is 0.378 e. The third-order valence-electron chi connectivity index (χ3n) is 4.61. The van der Waals surface area contributed by atoms with Gasteiger partial charge in [-0.1, -0.05) is 0 Å². The molecule has 0 spiro atoms. The topological polar surface area (TPSA) is 66.1 Å². The van der Waals surface area contributed by atoms with Crippen LogP contribution in [0.2, 0.25) is 0 Å². The minimum absolute atomic E-state index is 0.320. The molecule has 0 aromatic carbocycles. The standard InChI is InChI=1S/C15H27N5O/c1-16-11-12-5-7-20(8-6-12)15-17-14(18-19-15)10-13-4-2-3-9-21-13/h12-13,16H,2-11H2,1H3,(H,17,18,19). The van der Waals surface area contributed by atoms with Gasteiger partial charge in [0.2, 0.25) is 5.95 Å². The zero-order valence-electron chi connectivity index (χ0n) is 13.0. The van der Waals surface area contributed by atoms with Crippen LogP contribution in [0.4, 0.5) is 5.95 Å². The quantitative estimate of drug-likeness (QED) is 0.858. The molecule has 3 heterocycles. The van der Waals surface area contributed by atoms with Crippen LogP contribution in [0.5, 0.6) is 0 Å². The molecule has 0 radical (unpaired) electrons. The van der Waals surface area contributed by atoms with Crippen molar-refractivity contribution >= 4 is 5.95 Å². The smallest absolute Gasteiger partial charge is 0.244 e. The summed E-state index contributed by atoms with van der Waals surface area (Å²) >= 11 is 0. The van der Waals surface area contributed by atoms with Crippen LogP contribution in [0, 0.1) is 5.92 Å². The van der Waals surface area contributed by atoms with Gasteiger partial charge in [-0.05, 0) is 51.6 Å². The maximum Gasteiger partial charge on any atom is 0.244 e. The number of hydrogen-bond acceptors (Lipinski definition) is 5. The molecule has 0 aliphatic carbocycles. The third-order valence-corrected chi connectivity index (χ3v) is 4.61. The second-order valence-electron chi connectivity index (χ2n) is 6.26. The van der Waals surface area contributed by atoms with E-state index in [-0.39, 0.29) is 0 Å². The van der Waals surface area contributed by atoms with Gasteiger partial charge in [0, 0.05) is 26.1 Å². The van der Waals surface area contributed by atoms with Crippen LogP contribution in [-0.4, -0.2) is 54.6 Å². The Hall–Kier alpha value is -1.14. The Kier molecular flexibility index (Phi) is 5.08. The average molecular weight is 293 g/mol. The number of ether oxygens (including phenoxy) is 1. The van der Waals surface area contributed by atoms with Crippen LogP contribution >= 0.6 is 0 Å². The molecule has 21 heavy (non-hydrogen) atoms. The molecule has 2 aliphatic rings. The van der Waals surface area contributed by atoms with Crippen molar-refractivity contribution in [2.75, 3.05) is 38.2 Å². The molecule has 1 aromatic heterocycles. The van der Waals surface area contributed by atoms with Gasteiger partial charge in [0.1, 0.15) is 5.82 Å². The molecular formula is C15H27N5O. The first-order valence-corrected chi connectivity index (χ1v) is 8.27. The van der Waals surface area contributed by atoms with Crippen LogP contribution in [-0.2, 0) is 11.2 Å². The van der Waals surface area contributed by atoms with E-state index in [9.17, 15) is 0 Å². The van der Waals surface area contributed by atoms with Crippen LogP contribution in [0.1, 0.15) is 37.9 Å². The first-order chi connectivity index (χ1) is 10.3. The van der Waals surface area contributed by atoms with Crippen molar-refractivity contribution in [1.82, 2.24) is 20.5 Å². The highest BCUT2D eigenvalue weighted by molar-refractivity contribution is 5.29. The van der Waals surface area contributed by atoms with Gasteiger partial charge in [0.25, 0.3) is 0 Å². The zero-order valence-corrected chi connectivity index (χ0v) is 13.0. The summed E-state index contributed by atoms with van der Waals surface area (Å²) in [6.45, 7) is 4.13. The van der Waals surface area contributed by atoms with Crippen molar-refractivity contribution in [2.24, 2.45) is 5.92 Å². The second kappa shape index (κ2) is 7.22. The average Bonchev–Trinajstić information content (AvgIpc) is 2.98. The van der Waals surface area contributed by atoms with Gasteiger partial charge in [0.05, 0.1) is 6.10 Å². The highest BCUT2D eigenvalue weighted by Crippen LogP contribution is 2.21. The minimum atomic E-state index is 0.320. The lowest BCUT2D eigenvalue weighted by Gasteiger charge is -2.31. The number of aromatic amines is 1. The van der Waals surface area contributed by atoms with Crippen molar-refractivity contribution in [3.05, 3.63) is 5.82 Å². The van der Waals surface area contributed by atoms with E-state index in [0.29, 0.717) is 6.10 Å². The van der Waals surface area contributed by atoms with Gasteiger partial charge in [-0.15, -0.1) is 5.10 Å². The Morgan fingerprint density at radius 2 is 2.14 bits per heavy atom. The molecule has 2 fully saturated rings. The molecule has 0 saturated carbocycles. The molecular weight excluding hydrogens is 266 g/mol. The van der Waals surface area contributed by atoms with E-state index in [4.69, 9.17) is 4.74 Å². The number of anilines is 1. The Morgan fingerprint density at radius 1 is 1.29 bits per heavy atom. The fourth-order valence-corrected chi connectivity index (χ4v) is 3.33. The molecule has 2 aliphatic heterocycles. The summed E-state index contributed by atoms with van der Waals surface area (Å²) < 4.78 is 5.77. The van der Waals surface area contributed by atoms with Crippen molar-refractivity contribution in [1.29, 1.82) is 0 Å². The first-order valence-electron chi connectivity index (χ1n) is 8.27. The van der Waals surface area contributed by atoms with E-state index in [2.05, 4.69) is 25.4 Å². The predicted molar refractivity (Wildman–Crippen MR) is 82.5 cm³/mol. The molecule has 2 N–H and O–H groups in total. The zero-order chi connectivity index (χ0) is 14.5. The van der Waals surface area contributed by atoms with Crippen molar-refractivity contribution < 1.29 is 4.74 Å². The van der Waals surface area contributed by atoms with Crippen molar-refractivity contribution in [3.63, 3.8) is 0 Å². The summed E-state index contributed by atoms with van der Waals surface area (Å²) in [7, 11) is 2.03. The molecule has 3 rings (SSSR count). The third kappa shape index (κ3) is 3.95. The van der Waals surface area contributed by atoms with Crippen LogP contribution in [0.15, 0.2) is 0 Å². The number of nitrogens with one attached hydrogen (secondary N) is 2. The summed E-state index contributed by atoms with van der Waals surface area (Å²) in [5.74, 6) is 2.62. The molecule has 1 unspecified atom stereocenters. The number of hydrogen-bond donors (Lipinski definition) is 2. The summed E-state index contributed by atoms with van der Waals surface area (Å²) in [5, 5.41) is 10.8. The fraction of sp³-hybridized carbons (Fsp3) is 0.867. The predicted octanol–water partition coefficient (Wildman–Crippen LogP) is 1.35. The van der Waals surface area contributed by atoms with E-state index in [1.54, 1.807) is 0 Å². The first kappa shape index (κ1) is 14.8. The van der Waals surface area contributed by atoms with Gasteiger partial charge in [-0.3, -0.25) is 5.10 Å². The minimum Gasteiger partial charge on any atom is -0.378 e. The maximum absolute atomic E-state index is 5.77. The lowest BCUT2D eigenvalue weighted by atomic mass is 9.97. The Balaban J connectivity index is 1.50.